The van der Waals surface area contributed by atoms with Gasteiger partial charge in [-0.2, -0.15) is 13.2 Å². The number of nitrogens with one attached hydrogen (secondary N) is 1. The van der Waals surface area contributed by atoms with Crippen LogP contribution >= 0.6 is 0 Å². The molecule has 0 saturated heterocycles. The van der Waals surface area contributed by atoms with Crippen LogP contribution in [0.3, 0.4) is 0 Å². The number of pyridine rings is 2. The van der Waals surface area contributed by atoms with Crippen molar-refractivity contribution >= 4 is 5.69 Å². The van der Waals surface area contributed by atoms with Crippen LogP contribution in [0.5, 0.6) is 5.75 Å². The number of rotatable bonds is 5. The molecule has 0 aliphatic carbocycles. The zero-order valence-corrected chi connectivity index (χ0v) is 15.1. The molecule has 0 amide bonds. The molecule has 0 bridgehead atoms. The molecule has 8 heteroatoms. The summed E-state index contributed by atoms with van der Waals surface area (Å²) in [7, 11) is 1.52. The van der Waals surface area contributed by atoms with Gasteiger partial charge in [-0.05, 0) is 42.8 Å². The summed E-state index contributed by atoms with van der Waals surface area (Å²) in [5, 5.41) is 2.85. The molecule has 3 rings (SSSR count). The number of alkyl halides is 3. The largest absolute Gasteiger partial charge is 0.497 e. The summed E-state index contributed by atoms with van der Waals surface area (Å²) >= 11 is 0. The summed E-state index contributed by atoms with van der Waals surface area (Å²) in [5.41, 5.74) is -0.345. The fraction of sp³-hybridized carbons (Fsp3) is 0.200. The number of hydrogen-bond donors (Lipinski definition) is 1. The molecule has 0 aliphatic heterocycles. The zero-order valence-electron chi connectivity index (χ0n) is 15.1. The Morgan fingerprint density at radius 1 is 1.07 bits per heavy atom. The van der Waals surface area contributed by atoms with Gasteiger partial charge in [0.15, 0.2) is 5.69 Å². The van der Waals surface area contributed by atoms with Crippen LogP contribution in [0.4, 0.5) is 23.2 Å². The first-order chi connectivity index (χ1) is 13.3. The zero-order chi connectivity index (χ0) is 20.3. The average molecular weight is 391 g/mol. The van der Waals surface area contributed by atoms with Crippen molar-refractivity contribution in [2.24, 2.45) is 0 Å². The minimum atomic E-state index is -4.69. The molecule has 0 saturated carbocycles. The summed E-state index contributed by atoms with van der Waals surface area (Å²) in [6, 6.07) is 10.4. The van der Waals surface area contributed by atoms with E-state index in [2.05, 4.69) is 15.3 Å². The van der Waals surface area contributed by atoms with Gasteiger partial charge >= 0.3 is 6.18 Å². The van der Waals surface area contributed by atoms with E-state index in [4.69, 9.17) is 4.74 Å². The molecular weight excluding hydrogens is 374 g/mol. The van der Waals surface area contributed by atoms with E-state index in [0.717, 1.165) is 17.8 Å². The topological polar surface area (TPSA) is 47.0 Å². The standard InChI is InChI=1S/C20H17F4N3O/c1-12(13-4-3-5-16(9-13)28-2)26-18-7-6-17(27-19(18)20(22,23)24)14-8-15(21)11-25-10-14/h3-12,26H,1-2H3. The van der Waals surface area contributed by atoms with Crippen LogP contribution in [-0.4, -0.2) is 17.1 Å². The Hall–Kier alpha value is -3.16. The van der Waals surface area contributed by atoms with Gasteiger partial charge in [0.1, 0.15) is 11.6 Å². The van der Waals surface area contributed by atoms with Crippen molar-refractivity contribution in [1.29, 1.82) is 0 Å². The predicted molar refractivity (Wildman–Crippen MR) is 97.5 cm³/mol. The smallest absolute Gasteiger partial charge is 0.435 e. The molecule has 2 aromatic heterocycles. The van der Waals surface area contributed by atoms with Crippen LogP contribution in [-0.2, 0) is 6.18 Å². The molecule has 0 fully saturated rings. The van der Waals surface area contributed by atoms with E-state index in [-0.39, 0.29) is 16.9 Å². The van der Waals surface area contributed by atoms with Crippen molar-refractivity contribution in [2.45, 2.75) is 19.1 Å². The Morgan fingerprint density at radius 3 is 2.54 bits per heavy atom. The fourth-order valence-corrected chi connectivity index (χ4v) is 2.73. The van der Waals surface area contributed by atoms with Gasteiger partial charge in [-0.3, -0.25) is 4.98 Å². The first kappa shape index (κ1) is 19.6. The van der Waals surface area contributed by atoms with E-state index in [1.165, 1.54) is 25.4 Å². The van der Waals surface area contributed by atoms with Crippen LogP contribution in [0.25, 0.3) is 11.3 Å². The number of anilines is 1. The second-order valence-electron chi connectivity index (χ2n) is 6.12. The Balaban J connectivity index is 1.96. The monoisotopic (exact) mass is 391 g/mol. The van der Waals surface area contributed by atoms with Crippen molar-refractivity contribution < 1.29 is 22.3 Å². The maximum atomic E-state index is 13.6. The number of halogens is 4. The van der Waals surface area contributed by atoms with Gasteiger partial charge in [-0.15, -0.1) is 0 Å². The Labute approximate surface area is 159 Å². The van der Waals surface area contributed by atoms with Gasteiger partial charge in [0.2, 0.25) is 0 Å². The normalized spacial score (nSPS) is 12.5. The van der Waals surface area contributed by atoms with Crippen LogP contribution in [0.2, 0.25) is 0 Å². The molecule has 1 aromatic carbocycles. The molecule has 0 aliphatic rings. The molecule has 28 heavy (non-hydrogen) atoms. The van der Waals surface area contributed by atoms with Crippen LogP contribution in [0.1, 0.15) is 24.2 Å². The second kappa shape index (κ2) is 7.84. The molecule has 0 spiro atoms. The summed E-state index contributed by atoms with van der Waals surface area (Å²) in [5.74, 6) is -0.0454. The minimum absolute atomic E-state index is 0.0149. The SMILES string of the molecule is COc1cccc(C(C)Nc2ccc(-c3cncc(F)c3)nc2C(F)(F)F)c1. The van der Waals surface area contributed by atoms with E-state index in [1.54, 1.807) is 31.2 Å². The highest BCUT2D eigenvalue weighted by molar-refractivity contribution is 5.63. The lowest BCUT2D eigenvalue weighted by Gasteiger charge is -2.20. The molecule has 4 nitrogen and oxygen atoms in total. The minimum Gasteiger partial charge on any atom is -0.497 e. The first-order valence-corrected chi connectivity index (χ1v) is 8.37. The number of benzene rings is 1. The number of ether oxygens (including phenoxy) is 1. The molecular formula is C20H17F4N3O. The highest BCUT2D eigenvalue weighted by Gasteiger charge is 2.36. The summed E-state index contributed by atoms with van der Waals surface area (Å²) in [6.07, 6.45) is -2.45. The molecule has 2 heterocycles. The summed E-state index contributed by atoms with van der Waals surface area (Å²) in [4.78, 5) is 7.37. The van der Waals surface area contributed by atoms with Crippen molar-refractivity contribution in [3.63, 3.8) is 0 Å². The number of methoxy groups -OCH3 is 1. The third kappa shape index (κ3) is 4.39. The summed E-state index contributed by atoms with van der Waals surface area (Å²) < 4.78 is 59.3. The van der Waals surface area contributed by atoms with E-state index in [9.17, 15) is 17.6 Å². The highest BCUT2D eigenvalue weighted by Crippen LogP contribution is 2.36. The van der Waals surface area contributed by atoms with E-state index < -0.39 is 23.7 Å². The van der Waals surface area contributed by atoms with Gasteiger partial charge in [0, 0.05) is 17.8 Å². The Kier molecular flexibility index (Phi) is 5.48. The quantitative estimate of drug-likeness (QED) is 0.585. The van der Waals surface area contributed by atoms with Gasteiger partial charge in [0.25, 0.3) is 0 Å². The third-order valence-corrected chi connectivity index (χ3v) is 4.13. The van der Waals surface area contributed by atoms with Crippen LogP contribution in [0.15, 0.2) is 54.9 Å². The number of hydrogen-bond acceptors (Lipinski definition) is 4. The summed E-state index contributed by atoms with van der Waals surface area (Å²) in [6.45, 7) is 1.74. The van der Waals surface area contributed by atoms with Gasteiger partial charge in [-0.25, -0.2) is 9.37 Å². The third-order valence-electron chi connectivity index (χ3n) is 4.13. The highest BCUT2D eigenvalue weighted by atomic mass is 19.4. The Morgan fingerprint density at radius 2 is 1.86 bits per heavy atom. The van der Waals surface area contributed by atoms with E-state index in [1.807, 2.05) is 0 Å². The van der Waals surface area contributed by atoms with E-state index in [0.29, 0.717) is 5.75 Å². The molecule has 0 radical (unpaired) electrons. The van der Waals surface area contributed by atoms with Crippen LogP contribution in [0, 0.1) is 5.82 Å². The van der Waals surface area contributed by atoms with Crippen molar-refractivity contribution in [2.75, 3.05) is 12.4 Å². The van der Waals surface area contributed by atoms with Gasteiger partial charge < -0.3 is 10.1 Å². The fourth-order valence-electron chi connectivity index (χ4n) is 2.73. The maximum Gasteiger partial charge on any atom is 0.435 e. The van der Waals surface area contributed by atoms with E-state index >= 15 is 0 Å². The maximum absolute atomic E-state index is 13.6. The first-order valence-electron chi connectivity index (χ1n) is 8.37. The molecule has 1 atom stereocenters. The van der Waals surface area contributed by atoms with Gasteiger partial charge in [0.05, 0.1) is 24.7 Å². The van der Waals surface area contributed by atoms with Crippen molar-refractivity contribution in [3.8, 4) is 17.0 Å². The van der Waals surface area contributed by atoms with Gasteiger partial charge in [-0.1, -0.05) is 12.1 Å². The molecule has 146 valence electrons. The molecule has 1 unspecified atom stereocenters. The molecule has 3 aromatic rings. The lowest BCUT2D eigenvalue weighted by molar-refractivity contribution is -0.140. The lowest BCUT2D eigenvalue weighted by atomic mass is 10.1. The number of aromatic nitrogens is 2. The van der Waals surface area contributed by atoms with Crippen molar-refractivity contribution in [3.05, 3.63) is 71.9 Å². The number of nitrogens with zero attached hydrogens (tertiary/aromatic N) is 2. The second-order valence-corrected chi connectivity index (χ2v) is 6.12. The lowest BCUT2D eigenvalue weighted by Crippen LogP contribution is -2.16. The Bertz CT molecular complexity index is 976. The predicted octanol–water partition coefficient (Wildman–Crippen LogP) is 5.48. The molecule has 1 N–H and O–H groups in total. The average Bonchev–Trinajstić information content (AvgIpc) is 2.67. The van der Waals surface area contributed by atoms with Crippen LogP contribution < -0.4 is 10.1 Å². The van der Waals surface area contributed by atoms with Crippen molar-refractivity contribution in [1.82, 2.24) is 9.97 Å².